The van der Waals surface area contributed by atoms with E-state index < -0.39 is 4.92 Å². The first kappa shape index (κ1) is 13.0. The van der Waals surface area contributed by atoms with Gasteiger partial charge in [-0.25, -0.2) is 0 Å². The maximum Gasteiger partial charge on any atom is 0.389 e. The van der Waals surface area contributed by atoms with E-state index >= 15 is 0 Å². The molecule has 2 aromatic heterocycles. The first-order chi connectivity index (χ1) is 9.19. The summed E-state index contributed by atoms with van der Waals surface area (Å²) in [5, 5.41) is 17.7. The van der Waals surface area contributed by atoms with Crippen LogP contribution in [0.1, 0.15) is 19.0 Å². The minimum absolute atomic E-state index is 0.153. The number of anilines is 1. The Balaban J connectivity index is 2.07. The molecule has 0 amide bonds. The SMILES string of the molecule is CCCNc1ccnc(Cn2ccc([N+](=O)[O-])n2)c1. The second-order valence-electron chi connectivity index (χ2n) is 4.09. The largest absolute Gasteiger partial charge is 0.389 e. The van der Waals surface area contributed by atoms with Crippen LogP contribution in [0, 0.1) is 10.1 Å². The van der Waals surface area contributed by atoms with Crippen molar-refractivity contribution < 1.29 is 4.92 Å². The summed E-state index contributed by atoms with van der Waals surface area (Å²) in [6, 6.07) is 5.19. The Kier molecular flexibility index (Phi) is 4.07. The Morgan fingerprint density at radius 3 is 3.00 bits per heavy atom. The summed E-state index contributed by atoms with van der Waals surface area (Å²) in [5.41, 5.74) is 1.80. The van der Waals surface area contributed by atoms with Crippen molar-refractivity contribution in [1.29, 1.82) is 0 Å². The number of nitrogens with one attached hydrogen (secondary N) is 1. The second kappa shape index (κ2) is 5.94. The third-order valence-corrected chi connectivity index (χ3v) is 2.53. The molecule has 0 atom stereocenters. The first-order valence-electron chi connectivity index (χ1n) is 6.05. The molecule has 0 bridgehead atoms. The fraction of sp³-hybridized carbons (Fsp3) is 0.333. The van der Waals surface area contributed by atoms with Crippen molar-refractivity contribution in [3.63, 3.8) is 0 Å². The zero-order valence-electron chi connectivity index (χ0n) is 10.6. The van der Waals surface area contributed by atoms with Crippen LogP contribution in [0.2, 0.25) is 0 Å². The Bertz CT molecular complexity index is 567. The van der Waals surface area contributed by atoms with Crippen LogP contribution in [-0.4, -0.2) is 26.2 Å². The summed E-state index contributed by atoms with van der Waals surface area (Å²) in [7, 11) is 0. The third kappa shape index (κ3) is 3.51. The van der Waals surface area contributed by atoms with E-state index in [1.807, 2.05) is 12.1 Å². The third-order valence-electron chi connectivity index (χ3n) is 2.53. The summed E-state index contributed by atoms with van der Waals surface area (Å²) in [6.07, 6.45) is 4.33. The number of nitro groups is 1. The van der Waals surface area contributed by atoms with E-state index in [9.17, 15) is 10.1 Å². The fourth-order valence-corrected chi connectivity index (χ4v) is 1.65. The average Bonchev–Trinajstić information content (AvgIpc) is 2.85. The average molecular weight is 261 g/mol. The van der Waals surface area contributed by atoms with Crippen molar-refractivity contribution >= 4 is 11.5 Å². The van der Waals surface area contributed by atoms with Crippen molar-refractivity contribution in [2.45, 2.75) is 19.9 Å². The molecule has 0 aliphatic heterocycles. The molecule has 0 saturated carbocycles. The first-order valence-corrected chi connectivity index (χ1v) is 6.05. The molecule has 0 aliphatic carbocycles. The quantitative estimate of drug-likeness (QED) is 0.635. The standard InChI is InChI=1S/C12H15N5O2/c1-2-5-13-10-3-6-14-11(8-10)9-16-7-4-12(15-16)17(18)19/h3-4,6-8H,2,5,9H2,1H3,(H,13,14). The summed E-state index contributed by atoms with van der Waals surface area (Å²) >= 11 is 0. The molecule has 0 unspecified atom stereocenters. The molecule has 0 aliphatic rings. The van der Waals surface area contributed by atoms with E-state index in [4.69, 9.17) is 0 Å². The van der Waals surface area contributed by atoms with Gasteiger partial charge < -0.3 is 15.4 Å². The Hall–Kier alpha value is -2.44. The highest BCUT2D eigenvalue weighted by Gasteiger charge is 2.11. The van der Waals surface area contributed by atoms with Crippen LogP contribution < -0.4 is 5.32 Å². The molecule has 2 heterocycles. The lowest BCUT2D eigenvalue weighted by molar-refractivity contribution is -0.389. The van der Waals surface area contributed by atoms with Crippen LogP contribution in [0.5, 0.6) is 0 Å². The number of nitrogens with zero attached hydrogens (tertiary/aromatic N) is 4. The summed E-state index contributed by atoms with van der Waals surface area (Å²) < 4.78 is 1.50. The molecule has 0 fully saturated rings. The second-order valence-corrected chi connectivity index (χ2v) is 4.09. The predicted molar refractivity (Wildman–Crippen MR) is 71.0 cm³/mol. The van der Waals surface area contributed by atoms with Gasteiger partial charge in [0.05, 0.1) is 23.1 Å². The van der Waals surface area contributed by atoms with Gasteiger partial charge in [0.1, 0.15) is 6.54 Å². The van der Waals surface area contributed by atoms with Gasteiger partial charge in [-0.2, -0.15) is 4.68 Å². The Morgan fingerprint density at radius 2 is 2.32 bits per heavy atom. The zero-order chi connectivity index (χ0) is 13.7. The maximum absolute atomic E-state index is 10.5. The van der Waals surface area contributed by atoms with E-state index in [1.165, 1.54) is 10.7 Å². The minimum Gasteiger partial charge on any atom is -0.385 e. The van der Waals surface area contributed by atoms with Crippen LogP contribution in [0.15, 0.2) is 30.6 Å². The lowest BCUT2D eigenvalue weighted by atomic mass is 10.3. The van der Waals surface area contributed by atoms with Crippen molar-refractivity contribution in [1.82, 2.24) is 14.8 Å². The lowest BCUT2D eigenvalue weighted by Gasteiger charge is -2.05. The topological polar surface area (TPSA) is 85.9 Å². The minimum atomic E-state index is -0.511. The van der Waals surface area contributed by atoms with Gasteiger partial charge >= 0.3 is 5.82 Å². The van der Waals surface area contributed by atoms with Crippen molar-refractivity contribution in [2.75, 3.05) is 11.9 Å². The number of hydrogen-bond acceptors (Lipinski definition) is 5. The fourth-order valence-electron chi connectivity index (χ4n) is 1.65. The summed E-state index contributed by atoms with van der Waals surface area (Å²) in [4.78, 5) is 14.3. The number of hydrogen-bond donors (Lipinski definition) is 1. The van der Waals surface area contributed by atoms with Gasteiger partial charge in [0, 0.05) is 18.4 Å². The molecule has 100 valence electrons. The van der Waals surface area contributed by atoms with Crippen LogP contribution in [0.25, 0.3) is 0 Å². The molecule has 19 heavy (non-hydrogen) atoms. The summed E-state index contributed by atoms with van der Waals surface area (Å²) in [5.74, 6) is -0.153. The molecule has 1 N–H and O–H groups in total. The van der Waals surface area contributed by atoms with Gasteiger partial charge in [-0.05, 0) is 23.5 Å². The van der Waals surface area contributed by atoms with E-state index in [2.05, 4.69) is 22.3 Å². The predicted octanol–water partition coefficient (Wildman–Crippen LogP) is 2.06. The number of rotatable bonds is 6. The van der Waals surface area contributed by atoms with E-state index in [0.717, 1.165) is 24.3 Å². The van der Waals surface area contributed by atoms with Crippen molar-refractivity contribution in [3.05, 3.63) is 46.4 Å². The normalized spacial score (nSPS) is 10.4. The highest BCUT2D eigenvalue weighted by molar-refractivity contribution is 5.43. The van der Waals surface area contributed by atoms with Crippen molar-refractivity contribution in [3.8, 4) is 0 Å². The zero-order valence-corrected chi connectivity index (χ0v) is 10.6. The Morgan fingerprint density at radius 1 is 1.47 bits per heavy atom. The van der Waals surface area contributed by atoms with Gasteiger partial charge in [-0.1, -0.05) is 6.92 Å². The molecule has 0 spiro atoms. The molecule has 0 radical (unpaired) electrons. The number of aromatic nitrogens is 3. The van der Waals surface area contributed by atoms with E-state index in [-0.39, 0.29) is 5.82 Å². The van der Waals surface area contributed by atoms with Gasteiger partial charge in [-0.15, -0.1) is 0 Å². The molecule has 2 aromatic rings. The van der Waals surface area contributed by atoms with Crippen LogP contribution in [0.4, 0.5) is 11.5 Å². The highest BCUT2D eigenvalue weighted by Crippen LogP contribution is 2.11. The van der Waals surface area contributed by atoms with Gasteiger partial charge in [0.15, 0.2) is 0 Å². The molecule has 0 aromatic carbocycles. The molecule has 0 saturated heterocycles. The van der Waals surface area contributed by atoms with Gasteiger partial charge in [-0.3, -0.25) is 4.98 Å². The van der Waals surface area contributed by atoms with E-state index in [1.54, 1.807) is 12.4 Å². The maximum atomic E-state index is 10.5. The molecule has 7 nitrogen and oxygen atoms in total. The van der Waals surface area contributed by atoms with Crippen molar-refractivity contribution in [2.24, 2.45) is 0 Å². The van der Waals surface area contributed by atoms with Gasteiger partial charge in [0.2, 0.25) is 0 Å². The van der Waals surface area contributed by atoms with Gasteiger partial charge in [0.25, 0.3) is 0 Å². The molecular weight excluding hydrogens is 246 g/mol. The molecule has 2 rings (SSSR count). The Labute approximate surface area is 110 Å². The molecular formula is C12H15N5O2. The van der Waals surface area contributed by atoms with Crippen LogP contribution >= 0.6 is 0 Å². The highest BCUT2D eigenvalue weighted by atomic mass is 16.6. The smallest absolute Gasteiger partial charge is 0.385 e. The van der Waals surface area contributed by atoms with E-state index in [0.29, 0.717) is 6.54 Å². The summed E-state index contributed by atoms with van der Waals surface area (Å²) in [6.45, 7) is 3.41. The van der Waals surface area contributed by atoms with Crippen LogP contribution in [-0.2, 0) is 6.54 Å². The monoisotopic (exact) mass is 261 g/mol. The number of pyridine rings is 1. The molecule has 7 heteroatoms. The lowest BCUT2D eigenvalue weighted by Crippen LogP contribution is -2.05. The van der Waals surface area contributed by atoms with Crippen LogP contribution in [0.3, 0.4) is 0 Å².